The lowest BCUT2D eigenvalue weighted by Gasteiger charge is -2.28. The van der Waals surface area contributed by atoms with Gasteiger partial charge in [0.25, 0.3) is 0 Å². The van der Waals surface area contributed by atoms with E-state index in [1.165, 1.54) is 20.8 Å². The lowest BCUT2D eigenvalue weighted by Crippen LogP contribution is -3.00. The second kappa shape index (κ2) is 13.0. The molecule has 0 spiro atoms. The van der Waals surface area contributed by atoms with Crippen LogP contribution in [0.15, 0.2) is 108 Å². The molecule has 4 aromatic carbocycles. The van der Waals surface area contributed by atoms with E-state index in [9.17, 15) is 0 Å². The van der Waals surface area contributed by atoms with Gasteiger partial charge in [-0.1, -0.05) is 18.2 Å². The van der Waals surface area contributed by atoms with Crippen LogP contribution in [-0.2, 0) is 0 Å². The van der Waals surface area contributed by atoms with E-state index in [1.54, 1.807) is 21.3 Å². The van der Waals surface area contributed by atoms with E-state index >= 15 is 0 Å². The molecule has 0 aliphatic carbocycles. The van der Waals surface area contributed by atoms with Crippen LogP contribution in [0.4, 0.5) is 0 Å². The third-order valence-electron chi connectivity index (χ3n) is 5.98. The molecule has 0 aromatic heterocycles. The first kappa shape index (κ1) is 27.1. The van der Waals surface area contributed by atoms with Gasteiger partial charge in [-0.05, 0) is 84.9 Å². The molecule has 3 nitrogen and oxygen atoms in total. The lowest BCUT2D eigenvalue weighted by atomic mass is 10.3. The summed E-state index contributed by atoms with van der Waals surface area (Å²) in [6.45, 7) is 0. The summed E-state index contributed by atoms with van der Waals surface area (Å²) in [6, 6.07) is 36.4. The van der Waals surface area contributed by atoms with Gasteiger partial charge < -0.3 is 31.2 Å². The van der Waals surface area contributed by atoms with Crippen molar-refractivity contribution in [2.75, 3.05) is 33.2 Å². The fraction of sp³-hybridized carbons (Fsp3) is 0.172. The highest BCUT2D eigenvalue weighted by Crippen LogP contribution is 2.56. The Morgan fingerprint density at radius 1 is 0.543 bits per heavy atom. The summed E-state index contributed by atoms with van der Waals surface area (Å²) >= 11 is 1.91. The quantitative estimate of drug-likeness (QED) is 0.217. The number of thioether (sulfide) groups is 1. The van der Waals surface area contributed by atoms with Gasteiger partial charge in [-0.3, -0.25) is 0 Å². The first-order chi connectivity index (χ1) is 16.7. The molecule has 4 aromatic rings. The minimum atomic E-state index is -1.97. The summed E-state index contributed by atoms with van der Waals surface area (Å²) in [4.78, 5) is 1.29. The topological polar surface area (TPSA) is 27.7 Å². The molecule has 0 heterocycles. The number of halogens is 1. The smallest absolute Gasteiger partial charge is 0.119 e. The molecule has 0 radical (unpaired) electrons. The highest BCUT2D eigenvalue weighted by atomic mass is 79.9. The molecule has 0 fully saturated rings. The van der Waals surface area contributed by atoms with Crippen LogP contribution in [0.1, 0.15) is 0 Å². The Balaban J connectivity index is 0.00000342. The Bertz CT molecular complexity index is 1050. The molecule has 6 heteroatoms. The fourth-order valence-corrected chi connectivity index (χ4v) is 9.85. The van der Waals surface area contributed by atoms with Gasteiger partial charge in [0.15, 0.2) is 0 Å². The van der Waals surface area contributed by atoms with E-state index in [0.29, 0.717) is 0 Å². The molecule has 0 N–H and O–H groups in total. The Kier molecular flexibility index (Phi) is 10.1. The first-order valence-corrected chi connectivity index (χ1v) is 14.2. The van der Waals surface area contributed by atoms with E-state index in [4.69, 9.17) is 14.2 Å². The molecule has 0 aliphatic heterocycles. The molecule has 0 unspecified atom stereocenters. The average Bonchev–Trinajstić information content (AvgIpc) is 2.92. The number of ether oxygens (including phenoxy) is 3. The van der Waals surface area contributed by atoms with Gasteiger partial charge in [-0.15, -0.1) is 11.8 Å². The zero-order valence-corrected chi connectivity index (χ0v) is 23.5. The van der Waals surface area contributed by atoms with Gasteiger partial charge in [0.1, 0.15) is 40.4 Å². The first-order valence-electron chi connectivity index (χ1n) is 11.2. The third-order valence-corrected chi connectivity index (χ3v) is 11.7. The van der Waals surface area contributed by atoms with Crippen LogP contribution in [-0.4, -0.2) is 33.2 Å². The van der Waals surface area contributed by atoms with Crippen molar-refractivity contribution in [3.8, 4) is 17.2 Å². The molecule has 0 bridgehead atoms. The maximum absolute atomic E-state index is 5.47. The summed E-state index contributed by atoms with van der Waals surface area (Å²) in [7, 11) is 3.16. The highest BCUT2D eigenvalue weighted by molar-refractivity contribution is 8.01. The molecular formula is C29H30BrO3PS. The van der Waals surface area contributed by atoms with Gasteiger partial charge in [-0.2, -0.15) is 0 Å². The Morgan fingerprint density at radius 3 is 1.26 bits per heavy atom. The largest absolute Gasteiger partial charge is 1.00 e. The second-order valence-electron chi connectivity index (χ2n) is 7.79. The molecule has 0 atom stereocenters. The fourth-order valence-electron chi connectivity index (χ4n) is 4.16. The van der Waals surface area contributed by atoms with Crippen molar-refractivity contribution in [2.45, 2.75) is 4.90 Å². The van der Waals surface area contributed by atoms with Crippen LogP contribution in [0.25, 0.3) is 0 Å². The molecular weight excluding hydrogens is 539 g/mol. The lowest BCUT2D eigenvalue weighted by molar-refractivity contribution is -0.00000757. The van der Waals surface area contributed by atoms with Gasteiger partial charge in [0.2, 0.25) is 0 Å². The average molecular weight is 570 g/mol. The maximum Gasteiger partial charge on any atom is 0.119 e. The van der Waals surface area contributed by atoms with Crippen molar-refractivity contribution in [2.24, 2.45) is 0 Å². The molecule has 0 amide bonds. The predicted molar refractivity (Wildman–Crippen MR) is 147 cm³/mol. The van der Waals surface area contributed by atoms with Gasteiger partial charge in [0, 0.05) is 10.6 Å². The van der Waals surface area contributed by atoms with E-state index < -0.39 is 7.26 Å². The molecule has 182 valence electrons. The van der Waals surface area contributed by atoms with Gasteiger partial charge in [0.05, 0.1) is 27.5 Å². The zero-order chi connectivity index (χ0) is 23.8. The van der Waals surface area contributed by atoms with E-state index in [1.807, 2.05) is 11.8 Å². The Labute approximate surface area is 223 Å². The van der Waals surface area contributed by atoms with Gasteiger partial charge >= 0.3 is 0 Å². The predicted octanol–water partition coefficient (Wildman–Crippen LogP) is 2.80. The minimum absolute atomic E-state index is 0. The molecule has 0 saturated carbocycles. The monoisotopic (exact) mass is 568 g/mol. The highest BCUT2D eigenvalue weighted by Gasteiger charge is 2.45. The third kappa shape index (κ3) is 6.22. The Morgan fingerprint density at radius 2 is 0.914 bits per heavy atom. The normalized spacial score (nSPS) is 10.8. The van der Waals surface area contributed by atoms with Gasteiger partial charge in [-0.25, -0.2) is 0 Å². The van der Waals surface area contributed by atoms with E-state index in [-0.39, 0.29) is 17.0 Å². The van der Waals surface area contributed by atoms with Crippen LogP contribution in [0.2, 0.25) is 0 Å². The van der Waals surface area contributed by atoms with Crippen LogP contribution >= 0.6 is 19.0 Å². The van der Waals surface area contributed by atoms with Crippen molar-refractivity contribution in [3.63, 3.8) is 0 Å². The summed E-state index contributed by atoms with van der Waals surface area (Å²) in [6.07, 6.45) is 1.03. The number of hydrogen-bond donors (Lipinski definition) is 0. The van der Waals surface area contributed by atoms with Crippen molar-refractivity contribution < 1.29 is 31.2 Å². The van der Waals surface area contributed by atoms with Crippen LogP contribution in [0.5, 0.6) is 17.2 Å². The van der Waals surface area contributed by atoms with Crippen LogP contribution in [0, 0.1) is 0 Å². The number of hydrogen-bond acceptors (Lipinski definition) is 4. The Hall–Kier alpha value is -2.46. The number of benzene rings is 4. The van der Waals surface area contributed by atoms with Crippen molar-refractivity contribution in [1.29, 1.82) is 0 Å². The van der Waals surface area contributed by atoms with Crippen molar-refractivity contribution in [1.82, 2.24) is 0 Å². The second-order valence-corrected chi connectivity index (χ2v) is 12.6. The maximum atomic E-state index is 5.47. The molecule has 0 aliphatic rings. The number of rotatable bonds is 10. The molecule has 4 rings (SSSR count). The SMILES string of the molecule is COc1ccc([P+](CCSc2ccccc2)(c2ccc(OC)cc2)c2ccc(OC)cc2)cc1.[Br-]. The van der Waals surface area contributed by atoms with Crippen LogP contribution in [0.3, 0.4) is 0 Å². The van der Waals surface area contributed by atoms with Crippen molar-refractivity contribution >= 4 is 34.9 Å². The summed E-state index contributed by atoms with van der Waals surface area (Å²) in [5, 5.41) is 3.99. The number of methoxy groups -OCH3 is 3. The summed E-state index contributed by atoms with van der Waals surface area (Å²) in [5.41, 5.74) is 0. The summed E-state index contributed by atoms with van der Waals surface area (Å²) in [5.74, 6) is 3.60. The van der Waals surface area contributed by atoms with E-state index in [2.05, 4.69) is 103 Å². The summed E-state index contributed by atoms with van der Waals surface area (Å²) < 4.78 is 16.4. The van der Waals surface area contributed by atoms with Crippen molar-refractivity contribution in [3.05, 3.63) is 103 Å². The minimum Gasteiger partial charge on any atom is -1.00 e. The molecule has 0 saturated heterocycles. The molecule has 35 heavy (non-hydrogen) atoms. The van der Waals surface area contributed by atoms with Crippen LogP contribution < -0.4 is 47.1 Å². The zero-order valence-electron chi connectivity index (χ0n) is 20.2. The standard InChI is InChI=1S/C29H30O3PS.BrH/c1-30-23-9-15-26(16-10-23)33(27-17-11-24(31-2)12-18-27,28-19-13-25(32-3)14-20-28)21-22-34-29-7-5-4-6-8-29;/h4-20H,21-22H2,1-3H3;1H/q+1;/p-1. The van der Waals surface area contributed by atoms with E-state index in [0.717, 1.165) is 29.2 Å².